The molecule has 0 unspecified atom stereocenters. The van der Waals surface area contributed by atoms with Crippen LogP contribution in [0.25, 0.3) is 0 Å². The zero-order valence-electron chi connectivity index (χ0n) is 9.02. The summed E-state index contributed by atoms with van der Waals surface area (Å²) in [6.45, 7) is 3.01. The Labute approximate surface area is 94.2 Å². The summed E-state index contributed by atoms with van der Waals surface area (Å²) in [5, 5.41) is 0. The van der Waals surface area contributed by atoms with Crippen LogP contribution in [0.5, 0.6) is 0 Å². The number of rotatable bonds is 3. The molecule has 0 bridgehead atoms. The van der Waals surface area contributed by atoms with Crippen LogP contribution in [0.1, 0.15) is 0 Å². The number of piperazine rings is 1. The van der Waals surface area contributed by atoms with Crippen LogP contribution >= 0.6 is 0 Å². The maximum absolute atomic E-state index is 12.2. The average molecular weight is 225 g/mol. The Balaban J connectivity index is 1.86. The maximum Gasteiger partial charge on any atom is 0.551 e. The fourth-order valence-corrected chi connectivity index (χ4v) is 1.94. The zero-order chi connectivity index (χ0) is 11.4. The van der Waals surface area contributed by atoms with E-state index in [1.807, 2.05) is 17.0 Å². The van der Waals surface area contributed by atoms with Crippen molar-refractivity contribution in [2.24, 2.45) is 0 Å². The predicted molar refractivity (Wildman–Crippen MR) is 60.9 cm³/mol. The van der Waals surface area contributed by atoms with Gasteiger partial charge in [0.1, 0.15) is 0 Å². The highest BCUT2D eigenvalue weighted by Gasteiger charge is 2.22. The van der Waals surface area contributed by atoms with Crippen molar-refractivity contribution in [2.75, 3.05) is 37.5 Å². The van der Waals surface area contributed by atoms with Gasteiger partial charge < -0.3 is 9.80 Å². The lowest BCUT2D eigenvalue weighted by molar-refractivity contribution is 0.284. The number of anilines is 1. The Hall–Kier alpha value is -1.17. The van der Waals surface area contributed by atoms with E-state index in [1.54, 1.807) is 12.4 Å². The molecule has 1 aliphatic rings. The van der Waals surface area contributed by atoms with Crippen molar-refractivity contribution < 1.29 is 8.63 Å². The summed E-state index contributed by atoms with van der Waals surface area (Å²) in [5.74, 6) is 0. The molecule has 2 rings (SSSR count). The molecule has 0 radical (unpaired) electrons. The van der Waals surface area contributed by atoms with Gasteiger partial charge in [-0.25, -0.2) is 0 Å². The van der Waals surface area contributed by atoms with Crippen LogP contribution in [-0.2, 0) is 0 Å². The van der Waals surface area contributed by atoms with Gasteiger partial charge in [-0.3, -0.25) is 13.6 Å². The normalized spacial score (nSPS) is 17.5. The molecule has 0 aliphatic carbocycles. The molecule has 1 aromatic rings. The maximum atomic E-state index is 12.2. The third-order valence-electron chi connectivity index (χ3n) is 2.80. The van der Waals surface area contributed by atoms with Gasteiger partial charge >= 0.3 is 7.27 Å². The minimum absolute atomic E-state index is 0.107. The van der Waals surface area contributed by atoms with Crippen LogP contribution in [0, 0.1) is 0 Å². The van der Waals surface area contributed by atoms with Crippen molar-refractivity contribution in [2.45, 2.75) is 0 Å². The lowest BCUT2D eigenvalue weighted by Gasteiger charge is -2.35. The lowest BCUT2D eigenvalue weighted by atomic mass is 9.98. The van der Waals surface area contributed by atoms with Gasteiger partial charge in [-0.05, 0) is 12.1 Å². The first-order chi connectivity index (χ1) is 7.75. The van der Waals surface area contributed by atoms with Crippen LogP contribution in [0.2, 0.25) is 0 Å². The number of aromatic nitrogens is 1. The second-order valence-corrected chi connectivity index (χ2v) is 3.88. The van der Waals surface area contributed by atoms with Gasteiger partial charge in [0.05, 0.1) is 0 Å². The number of nitrogens with zero attached hydrogens (tertiary/aromatic N) is 3. The fraction of sp³-hybridized carbons (Fsp3) is 0.500. The quantitative estimate of drug-likeness (QED) is 0.720. The molecule has 86 valence electrons. The summed E-state index contributed by atoms with van der Waals surface area (Å²) in [4.78, 5) is 7.96. The van der Waals surface area contributed by atoms with Crippen LogP contribution in [0.3, 0.4) is 0 Å². The smallest absolute Gasteiger partial charge is 0.369 e. The molecule has 0 saturated carbocycles. The van der Waals surface area contributed by atoms with Gasteiger partial charge in [0.2, 0.25) is 0 Å². The first kappa shape index (κ1) is 11.3. The van der Waals surface area contributed by atoms with Crippen molar-refractivity contribution in [1.82, 2.24) is 9.88 Å². The van der Waals surface area contributed by atoms with Gasteiger partial charge in [0.25, 0.3) is 0 Å². The van der Waals surface area contributed by atoms with E-state index in [1.165, 1.54) is 0 Å². The van der Waals surface area contributed by atoms with E-state index in [2.05, 4.69) is 9.88 Å². The lowest BCUT2D eigenvalue weighted by Crippen LogP contribution is -2.48. The van der Waals surface area contributed by atoms with Crippen LogP contribution < -0.4 is 4.90 Å². The summed E-state index contributed by atoms with van der Waals surface area (Å²) in [5.41, 5.74) is 1.12. The summed E-state index contributed by atoms with van der Waals surface area (Å²) < 4.78 is 24.4. The molecule has 3 nitrogen and oxygen atoms in total. The molecule has 1 aliphatic heterocycles. The summed E-state index contributed by atoms with van der Waals surface area (Å²) in [6, 6.07) is 3.89. The second-order valence-electron chi connectivity index (χ2n) is 3.88. The molecule has 0 spiro atoms. The summed E-state index contributed by atoms with van der Waals surface area (Å²) in [6.07, 6.45) is 3.39. The van der Waals surface area contributed by atoms with Gasteiger partial charge in [-0.1, -0.05) is 0 Å². The van der Waals surface area contributed by atoms with Crippen molar-refractivity contribution >= 4 is 13.0 Å². The van der Waals surface area contributed by atoms with Crippen molar-refractivity contribution in [3.8, 4) is 0 Å². The average Bonchev–Trinajstić information content (AvgIpc) is 2.30. The van der Waals surface area contributed by atoms with E-state index < -0.39 is 7.27 Å². The highest BCUT2D eigenvalue weighted by Crippen LogP contribution is 2.14. The van der Waals surface area contributed by atoms with Crippen LogP contribution in [0.15, 0.2) is 24.5 Å². The number of hydrogen-bond acceptors (Lipinski definition) is 3. The van der Waals surface area contributed by atoms with Crippen molar-refractivity contribution in [1.29, 1.82) is 0 Å². The largest absolute Gasteiger partial charge is 0.551 e. The number of pyridine rings is 1. The monoisotopic (exact) mass is 225 g/mol. The molecule has 0 aromatic carbocycles. The van der Waals surface area contributed by atoms with Crippen molar-refractivity contribution in [3.63, 3.8) is 0 Å². The van der Waals surface area contributed by atoms with Gasteiger partial charge in [0, 0.05) is 50.7 Å². The van der Waals surface area contributed by atoms with E-state index >= 15 is 0 Å². The van der Waals surface area contributed by atoms with Crippen LogP contribution in [-0.4, -0.2) is 49.8 Å². The first-order valence-electron chi connectivity index (χ1n) is 5.41. The molecule has 0 N–H and O–H groups in total. The third-order valence-corrected chi connectivity index (χ3v) is 2.80. The molecule has 1 aromatic heterocycles. The van der Waals surface area contributed by atoms with Gasteiger partial charge in [-0.2, -0.15) is 0 Å². The topological polar surface area (TPSA) is 19.4 Å². The predicted octanol–water partition coefficient (Wildman–Crippen LogP) is 1.17. The summed E-state index contributed by atoms with van der Waals surface area (Å²) >= 11 is 0. The standard InChI is InChI=1S/C10H14BF2N3/c12-11(13)9-15-5-7-16(8-6-15)10-1-3-14-4-2-10/h1-4H,5-9H2. The van der Waals surface area contributed by atoms with E-state index in [9.17, 15) is 8.63 Å². The molecular formula is C10H14BF2N3. The number of halogens is 2. The van der Waals surface area contributed by atoms with E-state index in [4.69, 9.17) is 0 Å². The van der Waals surface area contributed by atoms with Gasteiger partial charge in [-0.15, -0.1) is 0 Å². The first-order valence-corrected chi connectivity index (χ1v) is 5.41. The Morgan fingerprint density at radius 1 is 1.12 bits per heavy atom. The number of hydrogen-bond donors (Lipinski definition) is 0. The minimum Gasteiger partial charge on any atom is -0.369 e. The van der Waals surface area contributed by atoms with Crippen molar-refractivity contribution in [3.05, 3.63) is 24.5 Å². The second kappa shape index (κ2) is 5.25. The fourth-order valence-electron chi connectivity index (χ4n) is 1.94. The molecule has 2 heterocycles. The Morgan fingerprint density at radius 2 is 1.75 bits per heavy atom. The molecule has 6 heteroatoms. The molecule has 1 saturated heterocycles. The van der Waals surface area contributed by atoms with Gasteiger partial charge in [0.15, 0.2) is 0 Å². The van der Waals surface area contributed by atoms with E-state index in [-0.39, 0.29) is 6.44 Å². The van der Waals surface area contributed by atoms with E-state index in [0.29, 0.717) is 13.1 Å². The molecular weight excluding hydrogens is 211 g/mol. The third kappa shape index (κ3) is 2.91. The SMILES string of the molecule is FB(F)CN1CCN(c2ccncc2)CC1. The molecule has 0 amide bonds. The van der Waals surface area contributed by atoms with Crippen LogP contribution in [0.4, 0.5) is 14.3 Å². The molecule has 16 heavy (non-hydrogen) atoms. The minimum atomic E-state index is -2.23. The molecule has 1 fully saturated rings. The Bertz CT molecular complexity index is 315. The Morgan fingerprint density at radius 3 is 2.31 bits per heavy atom. The highest BCUT2D eigenvalue weighted by molar-refractivity contribution is 6.42. The zero-order valence-corrected chi connectivity index (χ0v) is 9.02. The highest BCUT2D eigenvalue weighted by atomic mass is 19.2. The summed E-state index contributed by atoms with van der Waals surface area (Å²) in [7, 11) is -2.23. The molecule has 0 atom stereocenters. The Kier molecular flexibility index (Phi) is 3.72. The van der Waals surface area contributed by atoms with E-state index in [0.717, 1.165) is 18.8 Å².